The highest BCUT2D eigenvalue weighted by Gasteiger charge is 2.58. The fourth-order valence-corrected chi connectivity index (χ4v) is 2.57. The molecule has 5 nitrogen and oxygen atoms in total. The van der Waals surface area contributed by atoms with Crippen molar-refractivity contribution in [3.05, 3.63) is 25.3 Å². The maximum Gasteiger partial charge on any atom is 0.236 e. The number of nitrogens with zero attached hydrogens (tertiary/aromatic N) is 1. The van der Waals surface area contributed by atoms with Crippen LogP contribution in [0.1, 0.15) is 0 Å². The molecule has 2 fully saturated rings. The van der Waals surface area contributed by atoms with Gasteiger partial charge in [0, 0.05) is 13.1 Å². The van der Waals surface area contributed by atoms with Gasteiger partial charge >= 0.3 is 0 Å². The molecule has 0 aromatic rings. The molecule has 2 N–H and O–H groups in total. The summed E-state index contributed by atoms with van der Waals surface area (Å²) in [6.45, 7) is 7.81. The number of carbonyl (C=O) groups is 2. The zero-order chi connectivity index (χ0) is 12.6. The Bertz CT molecular complexity index is 348. The molecule has 4 atom stereocenters. The third kappa shape index (κ3) is 1.62. The number of likely N-dealkylation sites (tertiary alicyclic amines) is 1. The molecule has 0 radical (unpaired) electrons. The first-order valence-corrected chi connectivity index (χ1v) is 5.61. The quantitative estimate of drug-likeness (QED) is 0.536. The highest BCUT2D eigenvalue weighted by atomic mass is 16.5. The molecule has 17 heavy (non-hydrogen) atoms. The van der Waals surface area contributed by atoms with Crippen molar-refractivity contribution in [3.8, 4) is 0 Å². The van der Waals surface area contributed by atoms with E-state index in [0.29, 0.717) is 0 Å². The Hall–Kier alpha value is -1.46. The average molecular weight is 236 g/mol. The molecule has 2 aliphatic rings. The lowest BCUT2D eigenvalue weighted by molar-refractivity contribution is -0.142. The Kier molecular flexibility index (Phi) is 3.13. The maximum atomic E-state index is 12.1. The highest BCUT2D eigenvalue weighted by molar-refractivity contribution is 6.06. The van der Waals surface area contributed by atoms with Gasteiger partial charge in [-0.2, -0.15) is 0 Å². The lowest BCUT2D eigenvalue weighted by Gasteiger charge is -2.18. The summed E-state index contributed by atoms with van der Waals surface area (Å²) in [7, 11) is 0. The van der Waals surface area contributed by atoms with Crippen molar-refractivity contribution in [1.82, 2.24) is 4.90 Å². The summed E-state index contributed by atoms with van der Waals surface area (Å²) in [4.78, 5) is 25.4. The van der Waals surface area contributed by atoms with Crippen molar-refractivity contribution >= 4 is 11.8 Å². The molecular formula is C12H16N2O3. The summed E-state index contributed by atoms with van der Waals surface area (Å²) < 4.78 is 5.56. The van der Waals surface area contributed by atoms with Crippen molar-refractivity contribution < 1.29 is 14.3 Å². The zero-order valence-corrected chi connectivity index (χ0v) is 9.54. The van der Waals surface area contributed by atoms with Crippen molar-refractivity contribution in [2.45, 2.75) is 12.2 Å². The Morgan fingerprint density at radius 3 is 2.00 bits per heavy atom. The third-order valence-corrected chi connectivity index (χ3v) is 3.33. The first kappa shape index (κ1) is 12.0. The molecule has 92 valence electrons. The number of carbonyl (C=O) groups excluding carboxylic acids is 2. The van der Waals surface area contributed by atoms with E-state index in [1.807, 2.05) is 0 Å². The molecule has 0 aromatic heterocycles. The van der Waals surface area contributed by atoms with Crippen LogP contribution in [-0.4, -0.2) is 42.0 Å². The first-order valence-electron chi connectivity index (χ1n) is 5.61. The molecule has 2 heterocycles. The summed E-state index contributed by atoms with van der Waals surface area (Å²) >= 11 is 0. The van der Waals surface area contributed by atoms with E-state index in [1.54, 1.807) is 12.2 Å². The standard InChI is InChI=1S/C12H16N2O3/c1-3-7-9-10(8(4-2)17-7)12(16)14(6-5-13)11(9)15/h3-4,7-10H,1-2,5-6,13H2. The largest absolute Gasteiger partial charge is 0.365 e. The fraction of sp³-hybridized carbons (Fsp3) is 0.500. The predicted octanol–water partition coefficient (Wildman–Crippen LogP) is -0.314. The smallest absolute Gasteiger partial charge is 0.236 e. The number of hydrogen-bond acceptors (Lipinski definition) is 4. The maximum absolute atomic E-state index is 12.1. The number of rotatable bonds is 4. The number of nitrogens with two attached hydrogens (primary N) is 1. The van der Waals surface area contributed by atoms with Crippen molar-refractivity contribution in [2.75, 3.05) is 13.1 Å². The van der Waals surface area contributed by atoms with E-state index in [4.69, 9.17) is 10.5 Å². The van der Waals surface area contributed by atoms with Crippen LogP contribution in [0.5, 0.6) is 0 Å². The van der Waals surface area contributed by atoms with Crippen LogP contribution in [0.4, 0.5) is 0 Å². The topological polar surface area (TPSA) is 72.6 Å². The molecule has 2 aliphatic heterocycles. The van der Waals surface area contributed by atoms with E-state index >= 15 is 0 Å². The van der Waals surface area contributed by atoms with Gasteiger partial charge in [-0.25, -0.2) is 0 Å². The van der Waals surface area contributed by atoms with E-state index < -0.39 is 24.0 Å². The molecule has 0 aromatic carbocycles. The summed E-state index contributed by atoms with van der Waals surface area (Å²) in [5.74, 6) is -1.34. The molecule has 0 aliphatic carbocycles. The minimum atomic E-state index is -0.463. The van der Waals surface area contributed by atoms with E-state index in [-0.39, 0.29) is 24.9 Å². The van der Waals surface area contributed by atoms with Crippen molar-refractivity contribution in [1.29, 1.82) is 0 Å². The minimum Gasteiger partial charge on any atom is -0.365 e. The van der Waals surface area contributed by atoms with E-state index in [2.05, 4.69) is 13.2 Å². The predicted molar refractivity (Wildman–Crippen MR) is 61.8 cm³/mol. The highest BCUT2D eigenvalue weighted by Crippen LogP contribution is 2.41. The van der Waals surface area contributed by atoms with Crippen LogP contribution < -0.4 is 5.73 Å². The molecule has 2 amide bonds. The SMILES string of the molecule is C=CC1OC(C=C)C2C(=O)N(CCN)C(=O)C12. The molecule has 0 saturated carbocycles. The minimum absolute atomic E-state index is 0.209. The van der Waals surface area contributed by atoms with Gasteiger partial charge in [-0.1, -0.05) is 12.2 Å². The number of imide groups is 1. The molecular weight excluding hydrogens is 220 g/mol. The van der Waals surface area contributed by atoms with Crippen LogP contribution in [0.25, 0.3) is 0 Å². The van der Waals surface area contributed by atoms with Gasteiger partial charge in [-0.15, -0.1) is 13.2 Å². The van der Waals surface area contributed by atoms with Crippen LogP contribution in [0.2, 0.25) is 0 Å². The van der Waals surface area contributed by atoms with Gasteiger partial charge in [0.15, 0.2) is 0 Å². The van der Waals surface area contributed by atoms with Gasteiger partial charge in [0.2, 0.25) is 11.8 Å². The zero-order valence-electron chi connectivity index (χ0n) is 9.54. The van der Waals surface area contributed by atoms with E-state index in [9.17, 15) is 9.59 Å². The van der Waals surface area contributed by atoms with Gasteiger partial charge in [-0.05, 0) is 0 Å². The number of ether oxygens (including phenoxy) is 1. The first-order chi connectivity index (χ1) is 8.15. The Morgan fingerprint density at radius 1 is 1.18 bits per heavy atom. The van der Waals surface area contributed by atoms with Crippen LogP contribution in [-0.2, 0) is 14.3 Å². The van der Waals surface area contributed by atoms with Crippen LogP contribution in [0, 0.1) is 11.8 Å². The van der Waals surface area contributed by atoms with Crippen LogP contribution in [0.15, 0.2) is 25.3 Å². The van der Waals surface area contributed by atoms with Gasteiger partial charge in [0.1, 0.15) is 0 Å². The second-order valence-electron chi connectivity index (χ2n) is 4.21. The molecule has 5 heteroatoms. The summed E-state index contributed by atoms with van der Waals surface area (Å²) in [6, 6.07) is 0. The average Bonchev–Trinajstić information content (AvgIpc) is 2.82. The third-order valence-electron chi connectivity index (χ3n) is 3.33. The summed E-state index contributed by atoms with van der Waals surface area (Å²) in [5.41, 5.74) is 5.40. The molecule has 2 rings (SSSR count). The monoisotopic (exact) mass is 236 g/mol. The normalized spacial score (nSPS) is 36.2. The van der Waals surface area contributed by atoms with Gasteiger partial charge in [-0.3, -0.25) is 14.5 Å². The fourth-order valence-electron chi connectivity index (χ4n) is 2.57. The molecule has 0 spiro atoms. The lowest BCUT2D eigenvalue weighted by atomic mass is 9.89. The number of fused-ring (bicyclic) bond motifs is 1. The lowest BCUT2D eigenvalue weighted by Crippen LogP contribution is -2.38. The van der Waals surface area contributed by atoms with Crippen molar-refractivity contribution in [3.63, 3.8) is 0 Å². The summed E-state index contributed by atoms with van der Waals surface area (Å²) in [5, 5.41) is 0. The number of hydrogen-bond donors (Lipinski definition) is 1. The van der Waals surface area contributed by atoms with E-state index in [1.165, 1.54) is 4.90 Å². The summed E-state index contributed by atoms with van der Waals surface area (Å²) in [6.07, 6.45) is 2.31. The van der Waals surface area contributed by atoms with Gasteiger partial charge < -0.3 is 10.5 Å². The Morgan fingerprint density at radius 2 is 1.65 bits per heavy atom. The molecule has 2 saturated heterocycles. The van der Waals surface area contributed by atoms with Crippen LogP contribution in [0.3, 0.4) is 0 Å². The second kappa shape index (κ2) is 4.43. The Balaban J connectivity index is 2.32. The van der Waals surface area contributed by atoms with Gasteiger partial charge in [0.25, 0.3) is 0 Å². The van der Waals surface area contributed by atoms with E-state index in [0.717, 1.165) is 0 Å². The number of amides is 2. The Labute approximate surface area is 99.9 Å². The second-order valence-corrected chi connectivity index (χ2v) is 4.21. The van der Waals surface area contributed by atoms with Gasteiger partial charge in [0.05, 0.1) is 24.0 Å². The molecule has 4 unspecified atom stereocenters. The van der Waals surface area contributed by atoms with Crippen LogP contribution >= 0.6 is 0 Å². The van der Waals surface area contributed by atoms with Crippen molar-refractivity contribution in [2.24, 2.45) is 17.6 Å². The molecule has 0 bridgehead atoms.